The molecule has 0 radical (unpaired) electrons. The molecule has 0 spiro atoms. The number of aliphatic hydroxyl groups is 1. The molecule has 55 heteroatoms. The van der Waals surface area contributed by atoms with E-state index < -0.39 is 363 Å². The molecular formula is C94H158N24O31. The maximum absolute atomic E-state index is 14.7. The van der Waals surface area contributed by atoms with Crippen LogP contribution in [0.25, 0.3) is 0 Å². The number of aromatic amines is 1. The highest BCUT2D eigenvalue weighted by atomic mass is 16.4. The van der Waals surface area contributed by atoms with Crippen LogP contribution in [0, 0.1) is 47.3 Å². The van der Waals surface area contributed by atoms with E-state index in [9.17, 15) is 145 Å². The van der Waals surface area contributed by atoms with Crippen LogP contribution < -0.4 is 118 Å². The summed E-state index contributed by atoms with van der Waals surface area (Å²) in [6.45, 7) is 26.3. The van der Waals surface area contributed by atoms with Crippen LogP contribution in [0.2, 0.25) is 0 Å². The lowest BCUT2D eigenvalue weighted by atomic mass is 9.94. The van der Waals surface area contributed by atoms with E-state index in [1.807, 2.05) is 5.32 Å². The van der Waals surface area contributed by atoms with E-state index in [-0.39, 0.29) is 49.6 Å². The zero-order chi connectivity index (χ0) is 114. The highest BCUT2D eigenvalue weighted by Gasteiger charge is 2.43. The predicted octanol–water partition coefficient (Wildman–Crippen LogP) is -6.47. The predicted molar refractivity (Wildman–Crippen MR) is 531 cm³/mol. The van der Waals surface area contributed by atoms with Crippen molar-refractivity contribution in [1.29, 1.82) is 0 Å². The Bertz CT molecular complexity index is 4710. The number of hydrogen-bond donors (Lipinski definition) is 29. The number of nitrogens with two attached hydrogens (primary N) is 3. The summed E-state index contributed by atoms with van der Waals surface area (Å²) >= 11 is 0. The van der Waals surface area contributed by atoms with Crippen LogP contribution in [0.5, 0.6) is 0 Å². The number of carboxylic acid groups (broad SMARTS) is 5. The van der Waals surface area contributed by atoms with Crippen molar-refractivity contribution in [3.05, 3.63) is 18.2 Å². The number of carbonyl (C=O) groups is 25. The van der Waals surface area contributed by atoms with Crippen molar-refractivity contribution in [3.63, 3.8) is 0 Å². The topological polar surface area (TPSA) is 883 Å². The van der Waals surface area contributed by atoms with Crippen LogP contribution in [0.4, 0.5) is 0 Å². The van der Waals surface area contributed by atoms with E-state index in [2.05, 4.69) is 106 Å². The third kappa shape index (κ3) is 51.4. The maximum atomic E-state index is 14.7. The number of imidazole rings is 1. The van der Waals surface area contributed by atoms with Gasteiger partial charge in [0.15, 0.2) is 0 Å². The summed E-state index contributed by atoms with van der Waals surface area (Å²) in [5.41, 5.74) is 17.1. The lowest BCUT2D eigenvalue weighted by molar-refractivity contribution is -0.142. The number of hydrogen-bond acceptors (Lipinski definition) is 29. The van der Waals surface area contributed by atoms with Gasteiger partial charge in [-0.15, -0.1) is 0 Å². The first kappa shape index (κ1) is 133. The van der Waals surface area contributed by atoms with E-state index in [0.29, 0.717) is 38.6 Å². The van der Waals surface area contributed by atoms with Gasteiger partial charge in [-0.25, -0.2) is 4.98 Å². The summed E-state index contributed by atoms with van der Waals surface area (Å²) in [5, 5.41) is 104. The molecule has 1 aromatic heterocycles. The molecule has 0 fully saturated rings. The highest BCUT2D eigenvalue weighted by Crippen LogP contribution is 2.20. The Morgan fingerprint density at radius 2 is 0.638 bits per heavy atom. The standard InChI is InChI=1S/C94H158N24O31/c1-19-48(14)74(118-93(148)76(50(16)21-3)116-79(134)54(96)24-22-23-29-95)91(146)103-51(17)78(133)107-57(30-43(4)5)80(135)100-40-67(122)114-77(52(18)119)94(149)106-56(26-28-69(125)126)84(139)111-63(36-70(127)128)82(137)99-39-66(121)104-58(31-44(6)7)88(143)117-75(49(15)20-2)92(147)113-60(33-46(10)11)86(141)108-59(32-45(8)9)85(140)109-61(34-53-38-98-42-102-53)87(142)112-64(37-71(129)130)89(144)115-73(47(12)13)90(145)105-55(25-27-68(123)124)83(138)110-62(35-65(97)120)81(136)101-41-72(131)132/h38,42-52,54-64,73-77,119H,19-37,39-41,95-96H2,1-18H3,(H2,97,120)(H,98,102)(H,99,137)(H,100,135)(H,101,136)(H,103,146)(H,104,121)(H,105,145)(H,106,149)(H,107,133)(H,108,141)(H,109,140)(H,110,138)(H,111,139)(H,112,142)(H,113,147)(H,114,122)(H,115,144)(H,116,134)(H,117,143)(H,118,148)(H,123,124)(H,125,126)(H,127,128)(H,129,130)(H,131,132)/t48-,49-,50-,51-,52+,54-,55-,56-,57-,58-,59-,60-,61-,62-,63-,64-,73-,74-,75-,76-,77-/m0/s1. The molecule has 1 rings (SSSR count). The molecule has 0 saturated heterocycles. The van der Waals surface area contributed by atoms with Crippen LogP contribution in [0.3, 0.4) is 0 Å². The number of nitrogens with zero attached hydrogens (tertiary/aromatic N) is 1. The molecule has 0 aliphatic carbocycles. The first-order valence-electron chi connectivity index (χ1n) is 49.7. The summed E-state index contributed by atoms with van der Waals surface area (Å²) < 4.78 is 0. The summed E-state index contributed by atoms with van der Waals surface area (Å²) in [6, 6.07) is -27.4. The summed E-state index contributed by atoms with van der Waals surface area (Å²) in [4.78, 5) is 344. The fourth-order valence-corrected chi connectivity index (χ4v) is 14.7. The molecule has 149 heavy (non-hydrogen) atoms. The van der Waals surface area contributed by atoms with Gasteiger partial charge in [-0.3, -0.25) is 120 Å². The van der Waals surface area contributed by atoms with Crippen LogP contribution in [0.1, 0.15) is 239 Å². The second kappa shape index (κ2) is 67.7. The molecule has 21 atom stereocenters. The van der Waals surface area contributed by atoms with Crippen LogP contribution in [-0.4, -0.2) is 324 Å². The molecule has 0 bridgehead atoms. The van der Waals surface area contributed by atoms with Gasteiger partial charge >= 0.3 is 29.8 Å². The minimum atomic E-state index is -2.11. The maximum Gasteiger partial charge on any atom is 0.322 e. The van der Waals surface area contributed by atoms with Gasteiger partial charge in [-0.2, -0.15) is 0 Å². The number of amides is 20. The van der Waals surface area contributed by atoms with E-state index in [1.165, 1.54) is 33.3 Å². The van der Waals surface area contributed by atoms with Crippen molar-refractivity contribution in [1.82, 2.24) is 111 Å². The highest BCUT2D eigenvalue weighted by molar-refractivity contribution is 6.03. The molecular weight excluding hydrogens is 1960 g/mol. The van der Waals surface area contributed by atoms with E-state index >= 15 is 0 Å². The average molecular weight is 2120 g/mol. The van der Waals surface area contributed by atoms with Crippen LogP contribution in [0.15, 0.2) is 12.5 Å². The smallest absolute Gasteiger partial charge is 0.322 e. The molecule has 32 N–H and O–H groups in total. The molecule has 0 saturated carbocycles. The number of H-pyrrole nitrogens is 1. The molecule has 1 heterocycles. The molecule has 0 aromatic carbocycles. The lowest BCUT2D eigenvalue weighted by Crippen LogP contribution is -2.62. The van der Waals surface area contributed by atoms with Gasteiger partial charge in [0.2, 0.25) is 118 Å². The minimum absolute atomic E-state index is 0.0386. The number of primary amides is 1. The van der Waals surface area contributed by atoms with Gasteiger partial charge in [0.05, 0.1) is 56.5 Å². The Hall–Kier alpha value is -14.2. The van der Waals surface area contributed by atoms with Crippen molar-refractivity contribution in [2.75, 3.05) is 26.2 Å². The van der Waals surface area contributed by atoms with E-state index in [0.717, 1.165) is 6.92 Å². The summed E-state index contributed by atoms with van der Waals surface area (Å²) in [7, 11) is 0. The van der Waals surface area contributed by atoms with Crippen molar-refractivity contribution in [2.24, 2.45) is 64.5 Å². The third-order valence-corrected chi connectivity index (χ3v) is 23.6. The van der Waals surface area contributed by atoms with Crippen molar-refractivity contribution in [3.8, 4) is 0 Å². The normalized spacial score (nSPS) is 15.5. The minimum Gasteiger partial charge on any atom is -0.481 e. The van der Waals surface area contributed by atoms with Gasteiger partial charge in [-0.05, 0) is 119 Å². The second-order valence-electron chi connectivity index (χ2n) is 39.0. The molecule has 840 valence electrons. The number of carbonyl (C=O) groups excluding carboxylic acids is 20. The Morgan fingerprint density at radius 3 is 1.03 bits per heavy atom. The molecule has 55 nitrogen and oxygen atoms in total. The summed E-state index contributed by atoms with van der Waals surface area (Å²) in [6.07, 6.45) is -4.11. The van der Waals surface area contributed by atoms with Crippen LogP contribution in [-0.2, 0) is 126 Å². The van der Waals surface area contributed by atoms with Gasteiger partial charge in [0.1, 0.15) is 103 Å². The van der Waals surface area contributed by atoms with Gasteiger partial charge in [-0.1, -0.05) is 136 Å². The molecule has 1 aromatic rings. The molecule has 0 aliphatic rings. The third-order valence-electron chi connectivity index (χ3n) is 23.6. The Balaban J connectivity index is 3.55. The lowest BCUT2D eigenvalue weighted by Gasteiger charge is -2.30. The number of nitrogens with one attached hydrogen (secondary N) is 20. The number of rotatable bonds is 73. The largest absolute Gasteiger partial charge is 0.481 e. The van der Waals surface area contributed by atoms with E-state index in [1.54, 1.807) is 96.9 Å². The Labute approximate surface area is 863 Å². The van der Waals surface area contributed by atoms with Crippen LogP contribution >= 0.6 is 0 Å². The number of aromatic nitrogens is 2. The molecule has 0 unspecified atom stereocenters. The molecule has 0 aliphatic heterocycles. The van der Waals surface area contributed by atoms with Crippen molar-refractivity contribution < 1.29 is 151 Å². The number of aliphatic hydroxyl groups excluding tert-OH is 1. The number of aliphatic carboxylic acids is 5. The first-order chi connectivity index (χ1) is 69.5. The second-order valence-corrected chi connectivity index (χ2v) is 39.0. The zero-order valence-corrected chi connectivity index (χ0v) is 87.8. The zero-order valence-electron chi connectivity index (χ0n) is 87.8. The van der Waals surface area contributed by atoms with Crippen molar-refractivity contribution in [2.45, 2.75) is 349 Å². The van der Waals surface area contributed by atoms with Gasteiger partial charge in [0, 0.05) is 25.5 Å². The fraction of sp³-hybridized carbons (Fsp3) is 0.702. The molecule has 20 amide bonds. The average Bonchev–Trinajstić information content (AvgIpc) is 1.39. The van der Waals surface area contributed by atoms with Gasteiger partial charge < -0.3 is 154 Å². The SMILES string of the molecule is CC[C@H](C)[C@H](NC(=O)[C@H](CC(C)C)NC(=O)CNC(=O)[C@H](CC(=O)O)NC(=O)[C@H](CCC(=O)O)NC(=O)[C@@H](NC(=O)CNC(=O)[C@H](CC(C)C)NC(=O)[C@H](C)NC(=O)[C@@H](NC(=O)[C@@H](NC(=O)[C@@H](N)CCCCN)[C@@H](C)CC)[C@@H](C)CC)[C@@H](C)O)C(=O)N[C@@H](CC(C)C)C(=O)N[C@@H](CC(C)C)C(=O)N[C@@H](Cc1c[nH]cn1)C(=O)N[C@@H](CC(=O)O)C(=O)N[C@H](C(=O)N[C@@H](CCC(=O)O)C(=O)N[C@@H](CC(N)=O)C(=O)NCC(=O)O)C(C)C. The van der Waals surface area contributed by atoms with Crippen molar-refractivity contribution >= 4 is 148 Å². The van der Waals surface area contributed by atoms with Gasteiger partial charge in [0.25, 0.3) is 0 Å². The fourth-order valence-electron chi connectivity index (χ4n) is 14.7. The number of carboxylic acids is 5. The quantitative estimate of drug-likeness (QED) is 0.0270. The summed E-state index contributed by atoms with van der Waals surface area (Å²) in [5.74, 6) is -33.5. The number of unbranched alkanes of at least 4 members (excludes halogenated alkanes) is 1. The Kier molecular flexibility index (Phi) is 60.3. The van der Waals surface area contributed by atoms with E-state index in [4.69, 9.17) is 22.3 Å². The monoisotopic (exact) mass is 2120 g/mol. The Morgan fingerprint density at radius 1 is 0.322 bits per heavy atom. The first-order valence-corrected chi connectivity index (χ1v) is 49.7.